The van der Waals surface area contributed by atoms with E-state index in [1.165, 1.54) is 5.56 Å². The molecule has 0 saturated carbocycles. The number of nitrogens with two attached hydrogens (primary N) is 1. The largest absolute Gasteiger partial charge is 0.354 e. The molecule has 0 aliphatic carbocycles. The summed E-state index contributed by atoms with van der Waals surface area (Å²) in [5.41, 5.74) is 8.24. The summed E-state index contributed by atoms with van der Waals surface area (Å²) in [4.78, 5) is 10.2. The molecule has 1 heterocycles. The van der Waals surface area contributed by atoms with Crippen LogP contribution in [-0.4, -0.2) is 15.5 Å². The van der Waals surface area contributed by atoms with Gasteiger partial charge in [-0.25, -0.2) is 0 Å². The Balaban J connectivity index is 1.91. The molecular formula is C15H19N3O2. The number of nitrogens with zero attached hydrogens (tertiary/aromatic N) is 2. The van der Waals surface area contributed by atoms with E-state index in [-0.39, 0.29) is 16.7 Å². The van der Waals surface area contributed by atoms with Gasteiger partial charge >= 0.3 is 0 Å². The van der Waals surface area contributed by atoms with Crippen molar-refractivity contribution in [3.05, 3.63) is 64.0 Å². The van der Waals surface area contributed by atoms with Gasteiger partial charge in [-0.3, -0.25) is 10.1 Å². The number of nitro benzene ring substituents is 1. The minimum Gasteiger partial charge on any atom is -0.354 e. The Morgan fingerprint density at radius 3 is 2.55 bits per heavy atom. The first-order valence-electron chi connectivity index (χ1n) is 6.68. The van der Waals surface area contributed by atoms with Crippen molar-refractivity contribution in [2.75, 3.05) is 0 Å². The van der Waals surface area contributed by atoms with Crippen molar-refractivity contribution in [1.82, 2.24) is 4.57 Å². The zero-order valence-electron chi connectivity index (χ0n) is 11.5. The lowest BCUT2D eigenvalue weighted by Crippen LogP contribution is -2.17. The highest BCUT2D eigenvalue weighted by Crippen LogP contribution is 2.13. The Kier molecular flexibility index (Phi) is 4.53. The molecule has 1 atom stereocenters. The molecule has 1 aromatic carbocycles. The predicted octanol–water partition coefficient (Wildman–Crippen LogP) is 2.53. The second kappa shape index (κ2) is 6.34. The number of rotatable bonds is 6. The van der Waals surface area contributed by atoms with Crippen LogP contribution in [0.1, 0.15) is 18.1 Å². The summed E-state index contributed by atoms with van der Waals surface area (Å²) in [6, 6.07) is 8.97. The van der Waals surface area contributed by atoms with E-state index < -0.39 is 0 Å². The normalized spacial score (nSPS) is 12.3. The standard InChI is InChI=1S/C15H19N3O2/c1-12(16)10-14-7-9-17(11-14)8-6-13-2-4-15(5-3-13)18(19)20/h2-5,7,9,11-12H,6,8,10,16H2,1H3. The Morgan fingerprint density at radius 2 is 1.95 bits per heavy atom. The number of non-ortho nitro benzene ring substituents is 1. The second-order valence-corrected chi connectivity index (χ2v) is 5.11. The molecule has 0 aliphatic rings. The topological polar surface area (TPSA) is 74.1 Å². The highest BCUT2D eigenvalue weighted by Gasteiger charge is 2.04. The Morgan fingerprint density at radius 1 is 1.25 bits per heavy atom. The molecule has 2 aromatic rings. The van der Waals surface area contributed by atoms with Gasteiger partial charge in [0.15, 0.2) is 0 Å². The summed E-state index contributed by atoms with van der Waals surface area (Å²) < 4.78 is 2.12. The fourth-order valence-electron chi connectivity index (χ4n) is 2.16. The summed E-state index contributed by atoms with van der Waals surface area (Å²) in [5.74, 6) is 0. The molecule has 0 spiro atoms. The molecule has 0 bridgehead atoms. The van der Waals surface area contributed by atoms with E-state index in [0.717, 1.165) is 24.9 Å². The summed E-state index contributed by atoms with van der Waals surface area (Å²) in [5, 5.41) is 10.6. The minimum absolute atomic E-state index is 0.133. The SMILES string of the molecule is CC(N)Cc1ccn(CCc2ccc([N+](=O)[O-])cc2)c1. The number of hydrogen-bond acceptors (Lipinski definition) is 3. The molecule has 5 nitrogen and oxygen atoms in total. The Hall–Kier alpha value is -2.14. The van der Waals surface area contributed by atoms with Crippen LogP contribution in [-0.2, 0) is 19.4 Å². The van der Waals surface area contributed by atoms with Crippen molar-refractivity contribution in [2.24, 2.45) is 5.73 Å². The van der Waals surface area contributed by atoms with Gasteiger partial charge in [-0.15, -0.1) is 0 Å². The van der Waals surface area contributed by atoms with Crippen LogP contribution in [0.5, 0.6) is 0 Å². The third kappa shape index (κ3) is 3.93. The summed E-state index contributed by atoms with van der Waals surface area (Å²) in [6.07, 6.45) is 5.88. The van der Waals surface area contributed by atoms with E-state index >= 15 is 0 Å². The molecule has 5 heteroatoms. The molecular weight excluding hydrogens is 254 g/mol. The molecule has 2 N–H and O–H groups in total. The fourth-order valence-corrected chi connectivity index (χ4v) is 2.16. The molecule has 1 aromatic heterocycles. The van der Waals surface area contributed by atoms with E-state index in [4.69, 9.17) is 5.73 Å². The predicted molar refractivity (Wildman–Crippen MR) is 78.6 cm³/mol. The van der Waals surface area contributed by atoms with Crippen LogP contribution >= 0.6 is 0 Å². The van der Waals surface area contributed by atoms with Crippen LogP contribution in [0.25, 0.3) is 0 Å². The maximum atomic E-state index is 10.6. The van der Waals surface area contributed by atoms with Gasteiger partial charge in [0.2, 0.25) is 0 Å². The van der Waals surface area contributed by atoms with Gasteiger partial charge in [-0.05, 0) is 37.0 Å². The van der Waals surface area contributed by atoms with Crippen LogP contribution in [0.15, 0.2) is 42.7 Å². The van der Waals surface area contributed by atoms with Crippen molar-refractivity contribution >= 4 is 5.69 Å². The average molecular weight is 273 g/mol. The van der Waals surface area contributed by atoms with Crippen molar-refractivity contribution < 1.29 is 4.92 Å². The molecule has 1 unspecified atom stereocenters. The lowest BCUT2D eigenvalue weighted by atomic mass is 10.1. The van der Waals surface area contributed by atoms with Gasteiger partial charge in [0.25, 0.3) is 5.69 Å². The van der Waals surface area contributed by atoms with Gasteiger partial charge < -0.3 is 10.3 Å². The summed E-state index contributed by atoms with van der Waals surface area (Å²) >= 11 is 0. The van der Waals surface area contributed by atoms with Gasteiger partial charge in [-0.1, -0.05) is 12.1 Å². The molecule has 0 aliphatic heterocycles. The quantitative estimate of drug-likeness (QED) is 0.649. The Labute approximate surface area is 118 Å². The highest BCUT2D eigenvalue weighted by molar-refractivity contribution is 5.32. The monoisotopic (exact) mass is 273 g/mol. The average Bonchev–Trinajstić information content (AvgIpc) is 2.83. The van der Waals surface area contributed by atoms with Crippen LogP contribution in [0.3, 0.4) is 0 Å². The van der Waals surface area contributed by atoms with Crippen LogP contribution in [0, 0.1) is 10.1 Å². The maximum absolute atomic E-state index is 10.6. The van der Waals surface area contributed by atoms with Crippen molar-refractivity contribution in [3.8, 4) is 0 Å². The second-order valence-electron chi connectivity index (χ2n) is 5.11. The summed E-state index contributed by atoms with van der Waals surface area (Å²) in [6.45, 7) is 2.85. The number of hydrogen-bond donors (Lipinski definition) is 1. The van der Waals surface area contributed by atoms with Crippen LogP contribution in [0.2, 0.25) is 0 Å². The van der Waals surface area contributed by atoms with Crippen LogP contribution in [0.4, 0.5) is 5.69 Å². The zero-order chi connectivity index (χ0) is 14.5. The smallest absolute Gasteiger partial charge is 0.269 e. The zero-order valence-corrected chi connectivity index (χ0v) is 11.5. The molecule has 2 rings (SSSR count). The number of benzene rings is 1. The summed E-state index contributed by atoms with van der Waals surface area (Å²) in [7, 11) is 0. The van der Waals surface area contributed by atoms with Crippen molar-refractivity contribution in [2.45, 2.75) is 32.4 Å². The van der Waals surface area contributed by atoms with Gasteiger partial charge in [0, 0.05) is 37.1 Å². The van der Waals surface area contributed by atoms with E-state index in [1.807, 2.05) is 25.3 Å². The number of nitro groups is 1. The lowest BCUT2D eigenvalue weighted by Gasteiger charge is -2.04. The van der Waals surface area contributed by atoms with E-state index in [2.05, 4.69) is 16.8 Å². The van der Waals surface area contributed by atoms with E-state index in [9.17, 15) is 10.1 Å². The first kappa shape index (κ1) is 14.3. The fraction of sp³-hybridized carbons (Fsp3) is 0.333. The first-order chi connectivity index (χ1) is 9.54. The van der Waals surface area contributed by atoms with Gasteiger partial charge in [0.05, 0.1) is 4.92 Å². The molecule has 0 saturated heterocycles. The van der Waals surface area contributed by atoms with Crippen LogP contribution < -0.4 is 5.73 Å². The maximum Gasteiger partial charge on any atom is 0.269 e. The third-order valence-electron chi connectivity index (χ3n) is 3.18. The number of aromatic nitrogens is 1. The molecule has 0 fully saturated rings. The van der Waals surface area contributed by atoms with E-state index in [0.29, 0.717) is 0 Å². The first-order valence-corrected chi connectivity index (χ1v) is 6.68. The lowest BCUT2D eigenvalue weighted by molar-refractivity contribution is -0.384. The Bertz CT molecular complexity index is 573. The molecule has 106 valence electrons. The van der Waals surface area contributed by atoms with Gasteiger partial charge in [0.1, 0.15) is 0 Å². The van der Waals surface area contributed by atoms with Crippen molar-refractivity contribution in [3.63, 3.8) is 0 Å². The van der Waals surface area contributed by atoms with Crippen molar-refractivity contribution in [1.29, 1.82) is 0 Å². The molecule has 0 amide bonds. The van der Waals surface area contributed by atoms with Gasteiger partial charge in [-0.2, -0.15) is 0 Å². The molecule has 20 heavy (non-hydrogen) atoms. The minimum atomic E-state index is -0.379. The third-order valence-corrected chi connectivity index (χ3v) is 3.18. The number of aryl methyl sites for hydroxylation is 2. The molecule has 0 radical (unpaired) electrons. The highest BCUT2D eigenvalue weighted by atomic mass is 16.6. The van der Waals surface area contributed by atoms with E-state index in [1.54, 1.807) is 12.1 Å².